The van der Waals surface area contributed by atoms with Crippen LogP contribution >= 0.6 is 0 Å². The second kappa shape index (κ2) is 5.44. The minimum absolute atomic E-state index is 0.0820. The van der Waals surface area contributed by atoms with Crippen LogP contribution in [0.1, 0.15) is 27.5 Å². The van der Waals surface area contributed by atoms with Gasteiger partial charge in [-0.1, -0.05) is 36.4 Å². The highest BCUT2D eigenvalue weighted by Gasteiger charge is 2.18. The third kappa shape index (κ3) is 3.04. The van der Waals surface area contributed by atoms with Crippen LogP contribution in [0, 0.1) is 0 Å². The Morgan fingerprint density at radius 1 is 1.11 bits per heavy atom. The summed E-state index contributed by atoms with van der Waals surface area (Å²) < 4.78 is 24.3. The molecule has 0 bridgehead atoms. The van der Waals surface area contributed by atoms with E-state index in [-0.39, 0.29) is 11.1 Å². The molecule has 0 aliphatic rings. The second-order valence-electron chi connectivity index (χ2n) is 3.87. The van der Waals surface area contributed by atoms with Gasteiger partial charge in [-0.2, -0.15) is 0 Å². The molecular weight excluding hydrogens is 244 g/mol. The Morgan fingerprint density at radius 2 is 1.79 bits per heavy atom. The van der Waals surface area contributed by atoms with E-state index in [0.717, 1.165) is 12.1 Å². The number of benzene rings is 2. The van der Waals surface area contributed by atoms with Gasteiger partial charge in [0.25, 0.3) is 0 Å². The molecular formula is C15H14O4. The van der Waals surface area contributed by atoms with E-state index in [2.05, 4.69) is 0 Å². The fourth-order valence-electron chi connectivity index (χ4n) is 1.70. The third-order valence-corrected chi connectivity index (χ3v) is 2.56. The number of phenolic OH excluding ortho intramolecular Hbond substituents is 2. The number of carboxylic acids is 1. The van der Waals surface area contributed by atoms with Crippen molar-refractivity contribution in [3.63, 3.8) is 0 Å². The number of carbonyl (C=O) groups is 1. The van der Waals surface area contributed by atoms with Crippen molar-refractivity contribution in [3.05, 3.63) is 59.7 Å². The Bertz CT molecular complexity index is 703. The van der Waals surface area contributed by atoms with Crippen LogP contribution in [0.4, 0.5) is 0 Å². The lowest BCUT2D eigenvalue weighted by Crippen LogP contribution is -2.07. The molecule has 0 fully saturated rings. The maximum absolute atomic E-state index is 11.4. The number of hydrogen-bond donors (Lipinski definition) is 3. The molecule has 0 heterocycles. The Balaban J connectivity index is 2.76. The van der Waals surface area contributed by atoms with Crippen molar-refractivity contribution in [2.75, 3.05) is 0 Å². The smallest absolute Gasteiger partial charge is 0.304 e. The monoisotopic (exact) mass is 261 g/mol. The fourth-order valence-corrected chi connectivity index (χ4v) is 1.70. The molecule has 0 saturated carbocycles. The van der Waals surface area contributed by atoms with Crippen molar-refractivity contribution in [1.82, 2.24) is 0 Å². The molecule has 0 aliphatic heterocycles. The summed E-state index contributed by atoms with van der Waals surface area (Å²) in [6.45, 7) is 0. The Hall–Kier alpha value is -2.49. The summed E-state index contributed by atoms with van der Waals surface area (Å²) in [4.78, 5) is 11.4. The van der Waals surface area contributed by atoms with E-state index in [1.807, 2.05) is 0 Å². The number of aromatic hydroxyl groups is 2. The van der Waals surface area contributed by atoms with Gasteiger partial charge in [0.05, 0.1) is 6.37 Å². The lowest BCUT2D eigenvalue weighted by atomic mass is 9.88. The molecule has 0 amide bonds. The van der Waals surface area contributed by atoms with Crippen molar-refractivity contribution >= 4 is 5.97 Å². The van der Waals surface area contributed by atoms with Crippen molar-refractivity contribution in [3.8, 4) is 11.5 Å². The summed E-state index contributed by atoms with van der Waals surface area (Å²) in [5.41, 5.74) is 0.0360. The van der Waals surface area contributed by atoms with Crippen molar-refractivity contribution in [1.29, 1.82) is 0 Å². The molecule has 0 aliphatic carbocycles. The van der Waals surface area contributed by atoms with E-state index in [4.69, 9.17) is 4.11 Å². The standard InChI is InChI=1S/C15H14O4/c16-13-7-6-11(8-14(13)17)12(9-15(18)19)10-4-2-1-3-5-10/h1-8,12,16-17H,9H2,(H,18,19)/i9D2,12D. The maximum atomic E-state index is 11.4. The Labute approximate surface area is 114 Å². The molecule has 4 heteroatoms. The first-order chi connectivity index (χ1) is 10.2. The summed E-state index contributed by atoms with van der Waals surface area (Å²) in [6, 6.07) is 11.0. The van der Waals surface area contributed by atoms with Crippen LogP contribution in [-0.4, -0.2) is 21.3 Å². The summed E-state index contributed by atoms with van der Waals surface area (Å²) in [7, 11) is 0. The molecule has 0 aromatic heterocycles. The molecule has 0 radical (unpaired) electrons. The van der Waals surface area contributed by atoms with E-state index < -0.39 is 29.7 Å². The molecule has 0 spiro atoms. The summed E-state index contributed by atoms with van der Waals surface area (Å²) in [5, 5.41) is 28.2. The molecule has 98 valence electrons. The third-order valence-electron chi connectivity index (χ3n) is 2.56. The van der Waals surface area contributed by atoms with Gasteiger partial charge < -0.3 is 15.3 Å². The van der Waals surface area contributed by atoms with Gasteiger partial charge >= 0.3 is 5.97 Å². The molecule has 2 aromatic carbocycles. The summed E-state index contributed by atoms with van der Waals surface area (Å²) in [5.74, 6) is -5.08. The number of rotatable bonds is 4. The highest BCUT2D eigenvalue weighted by Crippen LogP contribution is 2.33. The van der Waals surface area contributed by atoms with E-state index >= 15 is 0 Å². The predicted octanol–water partition coefficient (Wildman–Crippen LogP) is 2.70. The number of aliphatic carboxylic acids is 1. The average Bonchev–Trinajstić information content (AvgIpc) is 2.49. The number of hydrogen-bond acceptors (Lipinski definition) is 3. The maximum Gasteiger partial charge on any atom is 0.304 e. The Morgan fingerprint density at radius 3 is 2.37 bits per heavy atom. The molecule has 4 nitrogen and oxygen atoms in total. The van der Waals surface area contributed by atoms with E-state index in [9.17, 15) is 20.1 Å². The van der Waals surface area contributed by atoms with Gasteiger partial charge in [0, 0.05) is 10.0 Å². The van der Waals surface area contributed by atoms with Crippen molar-refractivity contribution in [2.45, 2.75) is 12.3 Å². The van der Waals surface area contributed by atoms with Crippen LogP contribution in [-0.2, 0) is 4.79 Å². The first kappa shape index (κ1) is 9.44. The summed E-state index contributed by atoms with van der Waals surface area (Å²) in [6.07, 6.45) is -2.96. The molecule has 19 heavy (non-hydrogen) atoms. The van der Waals surface area contributed by atoms with Gasteiger partial charge in [-0.15, -0.1) is 0 Å². The first-order valence-electron chi connectivity index (χ1n) is 7.02. The largest absolute Gasteiger partial charge is 0.504 e. The van der Waals surface area contributed by atoms with E-state index in [0.29, 0.717) is 0 Å². The van der Waals surface area contributed by atoms with Gasteiger partial charge in [0.1, 0.15) is 0 Å². The number of phenols is 2. The van der Waals surface area contributed by atoms with Crippen LogP contribution in [0.25, 0.3) is 0 Å². The Kier molecular flexibility index (Phi) is 2.70. The quantitative estimate of drug-likeness (QED) is 0.739. The topological polar surface area (TPSA) is 77.8 Å². The fraction of sp³-hybridized carbons (Fsp3) is 0.133. The van der Waals surface area contributed by atoms with E-state index in [1.165, 1.54) is 18.2 Å². The van der Waals surface area contributed by atoms with Crippen LogP contribution in [0.2, 0.25) is 0 Å². The van der Waals surface area contributed by atoms with Crippen molar-refractivity contribution in [2.24, 2.45) is 0 Å². The second-order valence-corrected chi connectivity index (χ2v) is 3.87. The minimum atomic E-state index is -2.96. The summed E-state index contributed by atoms with van der Waals surface area (Å²) >= 11 is 0. The number of carboxylic acid groups (broad SMARTS) is 1. The normalized spacial score (nSPS) is 16.7. The lowest BCUT2D eigenvalue weighted by Gasteiger charge is -2.16. The molecule has 3 N–H and O–H groups in total. The van der Waals surface area contributed by atoms with Gasteiger partial charge in [-0.3, -0.25) is 4.79 Å². The highest BCUT2D eigenvalue weighted by molar-refractivity contribution is 5.69. The van der Waals surface area contributed by atoms with Gasteiger partial charge in [0.2, 0.25) is 0 Å². The predicted molar refractivity (Wildman–Crippen MR) is 70.3 cm³/mol. The lowest BCUT2D eigenvalue weighted by molar-refractivity contribution is -0.137. The molecule has 1 atom stereocenters. The average molecular weight is 261 g/mol. The molecule has 1 unspecified atom stereocenters. The zero-order valence-corrected chi connectivity index (χ0v) is 9.87. The van der Waals surface area contributed by atoms with Crippen LogP contribution in [0.5, 0.6) is 11.5 Å². The van der Waals surface area contributed by atoms with Crippen LogP contribution in [0.3, 0.4) is 0 Å². The zero-order valence-electron chi connectivity index (χ0n) is 12.9. The van der Waals surface area contributed by atoms with Crippen LogP contribution < -0.4 is 0 Å². The van der Waals surface area contributed by atoms with Gasteiger partial charge in [-0.25, -0.2) is 0 Å². The van der Waals surface area contributed by atoms with Crippen molar-refractivity contribution < 1.29 is 24.2 Å². The first-order valence-corrected chi connectivity index (χ1v) is 5.52. The van der Waals surface area contributed by atoms with E-state index in [1.54, 1.807) is 18.2 Å². The molecule has 0 saturated heterocycles. The highest BCUT2D eigenvalue weighted by atomic mass is 16.4. The molecule has 2 aromatic rings. The zero-order chi connectivity index (χ0) is 16.5. The van der Waals surface area contributed by atoms with Crippen LogP contribution in [0.15, 0.2) is 48.5 Å². The molecule has 2 rings (SSSR count). The minimum Gasteiger partial charge on any atom is -0.504 e. The van der Waals surface area contributed by atoms with Gasteiger partial charge in [0.15, 0.2) is 11.5 Å². The SMILES string of the molecule is [2H]C([2H])(C(=O)O)C([2H])(c1ccccc1)c1ccc(O)c(O)c1. The van der Waals surface area contributed by atoms with Gasteiger partial charge in [-0.05, 0) is 23.3 Å².